The normalized spacial score (nSPS) is 15.1. The average molecular weight is 183 g/mol. The first-order valence-corrected chi connectivity index (χ1v) is 5.04. The lowest BCUT2D eigenvalue weighted by molar-refractivity contribution is 0.770. The summed E-state index contributed by atoms with van der Waals surface area (Å²) in [6.45, 7) is 0.927. The van der Waals surface area contributed by atoms with Gasteiger partial charge in [-0.25, -0.2) is 0 Å². The van der Waals surface area contributed by atoms with Crippen molar-refractivity contribution in [1.82, 2.24) is 0 Å². The van der Waals surface area contributed by atoms with E-state index in [9.17, 15) is 0 Å². The van der Waals surface area contributed by atoms with Crippen LogP contribution in [-0.2, 0) is 0 Å². The van der Waals surface area contributed by atoms with Crippen LogP contribution in [0, 0.1) is 11.8 Å². The van der Waals surface area contributed by atoms with Crippen molar-refractivity contribution in [3.8, 4) is 11.8 Å². The van der Waals surface area contributed by atoms with E-state index in [1.807, 2.05) is 18.3 Å². The Labute approximate surface area is 84.9 Å². The van der Waals surface area contributed by atoms with Crippen LogP contribution in [0.15, 0.2) is 29.3 Å². The Kier molecular flexibility index (Phi) is 2.98. The van der Waals surface area contributed by atoms with E-state index < -0.39 is 0 Å². The van der Waals surface area contributed by atoms with Crippen molar-refractivity contribution in [2.45, 2.75) is 19.3 Å². The van der Waals surface area contributed by atoms with E-state index in [0.717, 1.165) is 36.9 Å². The quantitative estimate of drug-likeness (QED) is 0.548. The molecule has 0 spiro atoms. The minimum absolute atomic E-state index is 0.927. The van der Waals surface area contributed by atoms with Crippen molar-refractivity contribution in [3.63, 3.8) is 0 Å². The van der Waals surface area contributed by atoms with Crippen LogP contribution in [0.1, 0.15) is 30.4 Å². The van der Waals surface area contributed by atoms with Gasteiger partial charge in [-0.1, -0.05) is 30.0 Å². The molecular formula is C13H13N. The van der Waals surface area contributed by atoms with Gasteiger partial charge in [0.25, 0.3) is 0 Å². The number of benzene rings is 1. The summed E-state index contributed by atoms with van der Waals surface area (Å²) in [5, 5.41) is 0. The molecule has 0 bridgehead atoms. The zero-order valence-corrected chi connectivity index (χ0v) is 8.16. The minimum Gasteiger partial charge on any atom is -0.293 e. The first-order valence-electron chi connectivity index (χ1n) is 5.04. The molecule has 70 valence electrons. The summed E-state index contributed by atoms with van der Waals surface area (Å²) in [5.41, 5.74) is 2.24. The van der Waals surface area contributed by atoms with Crippen molar-refractivity contribution in [2.75, 3.05) is 6.54 Å². The number of hydrogen-bond donors (Lipinski definition) is 0. The van der Waals surface area contributed by atoms with Gasteiger partial charge in [0.2, 0.25) is 0 Å². The number of hydrogen-bond acceptors (Lipinski definition) is 1. The first-order chi connectivity index (χ1) is 6.97. The molecule has 14 heavy (non-hydrogen) atoms. The lowest BCUT2D eigenvalue weighted by Gasteiger charge is -1.99. The molecular weight excluding hydrogens is 170 g/mol. The number of aliphatic imine (C=N–C) groups is 1. The molecule has 2 rings (SSSR count). The topological polar surface area (TPSA) is 12.4 Å². The van der Waals surface area contributed by atoms with Crippen LogP contribution in [0.2, 0.25) is 0 Å². The summed E-state index contributed by atoms with van der Waals surface area (Å²) in [4.78, 5) is 4.38. The molecule has 0 unspecified atom stereocenters. The standard InChI is InChI=1S/C13H13N/c1-2-6-10-14-11-13-9-5-4-8-12(13)7-3-1/h4-5,8-9,11H,1-2,6,10H2. The van der Waals surface area contributed by atoms with Gasteiger partial charge in [0.1, 0.15) is 0 Å². The van der Waals surface area contributed by atoms with Crippen LogP contribution >= 0.6 is 0 Å². The van der Waals surface area contributed by atoms with Gasteiger partial charge >= 0.3 is 0 Å². The Morgan fingerprint density at radius 3 is 3.07 bits per heavy atom. The molecule has 1 heterocycles. The second kappa shape index (κ2) is 4.62. The van der Waals surface area contributed by atoms with Crippen molar-refractivity contribution < 1.29 is 0 Å². The van der Waals surface area contributed by atoms with Crippen molar-refractivity contribution in [1.29, 1.82) is 0 Å². The SMILES string of the molecule is C1#Cc2ccccc2C=NCCCC1. The van der Waals surface area contributed by atoms with Crippen LogP contribution in [0.5, 0.6) is 0 Å². The number of rotatable bonds is 0. The Morgan fingerprint density at radius 2 is 2.07 bits per heavy atom. The van der Waals surface area contributed by atoms with Crippen LogP contribution in [0.25, 0.3) is 0 Å². The summed E-state index contributed by atoms with van der Waals surface area (Å²) in [6.07, 6.45) is 5.24. The third-order valence-corrected chi connectivity index (χ3v) is 2.25. The Hall–Kier alpha value is -1.55. The lowest BCUT2D eigenvalue weighted by Crippen LogP contribution is -1.91. The maximum Gasteiger partial charge on any atom is 0.0389 e. The Morgan fingerprint density at radius 1 is 1.14 bits per heavy atom. The molecule has 0 radical (unpaired) electrons. The molecule has 1 aromatic carbocycles. The summed E-state index contributed by atoms with van der Waals surface area (Å²) in [5.74, 6) is 6.39. The van der Waals surface area contributed by atoms with Crippen LogP contribution in [-0.4, -0.2) is 12.8 Å². The molecule has 0 saturated heterocycles. The molecule has 0 aliphatic carbocycles. The van der Waals surface area contributed by atoms with E-state index in [1.165, 1.54) is 0 Å². The molecule has 0 saturated carbocycles. The molecule has 0 amide bonds. The zero-order valence-electron chi connectivity index (χ0n) is 8.16. The predicted molar refractivity (Wildman–Crippen MR) is 59.6 cm³/mol. The van der Waals surface area contributed by atoms with Crippen LogP contribution in [0.3, 0.4) is 0 Å². The van der Waals surface area contributed by atoms with E-state index in [1.54, 1.807) is 0 Å². The van der Waals surface area contributed by atoms with Gasteiger partial charge in [-0.15, -0.1) is 0 Å². The fourth-order valence-corrected chi connectivity index (χ4v) is 1.46. The summed E-state index contributed by atoms with van der Waals surface area (Å²) in [6, 6.07) is 8.16. The maximum atomic E-state index is 4.38. The minimum atomic E-state index is 0.927. The molecule has 1 aliphatic rings. The summed E-state index contributed by atoms with van der Waals surface area (Å²) < 4.78 is 0. The molecule has 1 heteroatoms. The largest absolute Gasteiger partial charge is 0.293 e. The van der Waals surface area contributed by atoms with Crippen molar-refractivity contribution in [2.24, 2.45) is 4.99 Å². The van der Waals surface area contributed by atoms with Gasteiger partial charge in [-0.3, -0.25) is 4.99 Å². The second-order valence-electron chi connectivity index (χ2n) is 3.38. The molecule has 0 N–H and O–H groups in total. The Balaban J connectivity index is 2.37. The van der Waals surface area contributed by atoms with Gasteiger partial charge in [0.15, 0.2) is 0 Å². The van der Waals surface area contributed by atoms with Gasteiger partial charge in [0.05, 0.1) is 0 Å². The van der Waals surface area contributed by atoms with E-state index in [2.05, 4.69) is 29.0 Å². The number of nitrogens with zero attached hydrogens (tertiary/aromatic N) is 1. The lowest BCUT2D eigenvalue weighted by atomic mass is 10.1. The molecule has 1 aromatic rings. The monoisotopic (exact) mass is 183 g/mol. The van der Waals surface area contributed by atoms with Crippen LogP contribution < -0.4 is 0 Å². The highest BCUT2D eigenvalue weighted by Gasteiger charge is 1.95. The Bertz CT molecular complexity index is 393. The second-order valence-corrected chi connectivity index (χ2v) is 3.38. The van der Waals surface area contributed by atoms with E-state index >= 15 is 0 Å². The molecule has 1 aliphatic heterocycles. The predicted octanol–water partition coefficient (Wildman–Crippen LogP) is 2.64. The van der Waals surface area contributed by atoms with Crippen molar-refractivity contribution in [3.05, 3.63) is 35.4 Å². The van der Waals surface area contributed by atoms with Gasteiger partial charge in [-0.2, -0.15) is 0 Å². The van der Waals surface area contributed by atoms with Gasteiger partial charge in [0, 0.05) is 30.3 Å². The summed E-state index contributed by atoms with van der Waals surface area (Å²) >= 11 is 0. The fourth-order valence-electron chi connectivity index (χ4n) is 1.46. The highest BCUT2D eigenvalue weighted by Crippen LogP contribution is 2.06. The number of fused-ring (bicyclic) bond motifs is 1. The van der Waals surface area contributed by atoms with Crippen LogP contribution in [0.4, 0.5) is 0 Å². The highest BCUT2D eigenvalue weighted by atomic mass is 14.7. The fraction of sp³-hybridized carbons (Fsp3) is 0.308. The third kappa shape index (κ3) is 2.23. The first kappa shape index (κ1) is 9.02. The third-order valence-electron chi connectivity index (χ3n) is 2.25. The maximum absolute atomic E-state index is 4.38. The van der Waals surface area contributed by atoms with E-state index in [4.69, 9.17) is 0 Å². The van der Waals surface area contributed by atoms with Gasteiger partial charge < -0.3 is 0 Å². The highest BCUT2D eigenvalue weighted by molar-refractivity contribution is 5.83. The molecule has 0 aromatic heterocycles. The summed E-state index contributed by atoms with van der Waals surface area (Å²) in [7, 11) is 0. The molecule has 1 nitrogen and oxygen atoms in total. The zero-order chi connectivity index (χ0) is 9.64. The van der Waals surface area contributed by atoms with Gasteiger partial charge in [-0.05, 0) is 18.9 Å². The van der Waals surface area contributed by atoms with Crippen molar-refractivity contribution >= 4 is 6.21 Å². The smallest absolute Gasteiger partial charge is 0.0389 e. The van der Waals surface area contributed by atoms with E-state index in [0.29, 0.717) is 0 Å². The molecule has 0 fully saturated rings. The van der Waals surface area contributed by atoms with E-state index in [-0.39, 0.29) is 0 Å². The average Bonchev–Trinajstić information content (AvgIpc) is 2.25. The molecule has 0 atom stereocenters.